The summed E-state index contributed by atoms with van der Waals surface area (Å²) in [5.74, 6) is 1.22. The van der Waals surface area contributed by atoms with Crippen LogP contribution in [0.1, 0.15) is 37.9 Å². The van der Waals surface area contributed by atoms with Gasteiger partial charge in [0.1, 0.15) is 5.67 Å². The molecule has 0 aliphatic carbocycles. The number of rotatable bonds is 2. The van der Waals surface area contributed by atoms with Crippen LogP contribution in [0.4, 0.5) is 4.39 Å². The van der Waals surface area contributed by atoms with Gasteiger partial charge in [-0.1, -0.05) is 0 Å². The van der Waals surface area contributed by atoms with Gasteiger partial charge in [0.25, 0.3) is 0 Å². The highest BCUT2D eigenvalue weighted by molar-refractivity contribution is 5.53. The minimum absolute atomic E-state index is 0.172. The average molecular weight is 225 g/mol. The smallest absolute Gasteiger partial charge is 0.231 e. The number of ether oxygens (including phenoxy) is 2. The van der Waals surface area contributed by atoms with E-state index in [4.69, 9.17) is 15.2 Å². The molecule has 3 nitrogen and oxygen atoms in total. The molecule has 2 rings (SSSR count). The lowest BCUT2D eigenvalue weighted by atomic mass is 9.95. The zero-order valence-corrected chi connectivity index (χ0v) is 9.71. The lowest BCUT2D eigenvalue weighted by Gasteiger charge is -2.18. The molecule has 0 bridgehead atoms. The van der Waals surface area contributed by atoms with Crippen LogP contribution < -0.4 is 15.2 Å². The van der Waals surface area contributed by atoms with Crippen molar-refractivity contribution in [3.8, 4) is 11.5 Å². The Labute approximate surface area is 94.3 Å². The van der Waals surface area contributed by atoms with Crippen LogP contribution in [0, 0.1) is 0 Å². The van der Waals surface area contributed by atoms with E-state index >= 15 is 0 Å². The summed E-state index contributed by atoms with van der Waals surface area (Å²) in [4.78, 5) is 0. The molecule has 0 spiro atoms. The first kappa shape index (κ1) is 11.2. The van der Waals surface area contributed by atoms with Crippen molar-refractivity contribution in [3.63, 3.8) is 0 Å². The highest BCUT2D eigenvalue weighted by Gasteiger charge is 2.27. The molecule has 1 atom stereocenters. The highest BCUT2D eigenvalue weighted by Crippen LogP contribution is 2.42. The fourth-order valence-electron chi connectivity index (χ4n) is 1.72. The summed E-state index contributed by atoms with van der Waals surface area (Å²) >= 11 is 0. The lowest BCUT2D eigenvalue weighted by molar-refractivity contribution is 0.172. The third kappa shape index (κ3) is 1.85. The van der Waals surface area contributed by atoms with Crippen molar-refractivity contribution < 1.29 is 13.9 Å². The zero-order chi connectivity index (χ0) is 11.9. The van der Waals surface area contributed by atoms with E-state index in [2.05, 4.69) is 0 Å². The number of alkyl halides is 1. The van der Waals surface area contributed by atoms with Crippen molar-refractivity contribution in [2.24, 2.45) is 5.73 Å². The summed E-state index contributed by atoms with van der Waals surface area (Å²) in [5.41, 5.74) is 5.78. The van der Waals surface area contributed by atoms with Gasteiger partial charge in [0.2, 0.25) is 6.79 Å². The van der Waals surface area contributed by atoms with Gasteiger partial charge in [0.05, 0.1) is 0 Å². The quantitative estimate of drug-likeness (QED) is 0.841. The maximum absolute atomic E-state index is 13.9. The fourth-order valence-corrected chi connectivity index (χ4v) is 1.72. The minimum atomic E-state index is -1.41. The standard InChI is InChI=1S/C12H16FNO2/c1-7(14)9-4-8(12(2,3)13)5-10-11(9)16-6-15-10/h4-5,7H,6,14H2,1-3H3. The van der Waals surface area contributed by atoms with Crippen molar-refractivity contribution in [1.29, 1.82) is 0 Å². The van der Waals surface area contributed by atoms with Crippen molar-refractivity contribution in [3.05, 3.63) is 23.3 Å². The Bertz CT molecular complexity index is 410. The zero-order valence-electron chi connectivity index (χ0n) is 9.71. The third-order valence-electron chi connectivity index (χ3n) is 2.68. The molecule has 88 valence electrons. The Morgan fingerprint density at radius 2 is 2.06 bits per heavy atom. The van der Waals surface area contributed by atoms with Gasteiger partial charge in [0, 0.05) is 11.6 Å². The molecule has 16 heavy (non-hydrogen) atoms. The van der Waals surface area contributed by atoms with Crippen LogP contribution in [-0.4, -0.2) is 6.79 Å². The summed E-state index contributed by atoms with van der Waals surface area (Å²) in [7, 11) is 0. The maximum atomic E-state index is 13.9. The second-order valence-electron chi connectivity index (χ2n) is 4.56. The molecule has 0 aromatic heterocycles. The second-order valence-corrected chi connectivity index (χ2v) is 4.56. The number of nitrogens with two attached hydrogens (primary N) is 1. The molecule has 1 aliphatic rings. The summed E-state index contributed by atoms with van der Waals surface area (Å²) in [6.45, 7) is 5.03. The number of halogens is 1. The Kier molecular flexibility index (Phi) is 2.54. The summed E-state index contributed by atoms with van der Waals surface area (Å²) in [6, 6.07) is 3.21. The Balaban J connectivity index is 2.56. The largest absolute Gasteiger partial charge is 0.454 e. The first-order chi connectivity index (χ1) is 7.39. The van der Waals surface area contributed by atoms with E-state index in [-0.39, 0.29) is 12.8 Å². The molecule has 0 fully saturated rings. The van der Waals surface area contributed by atoms with Crippen molar-refractivity contribution in [2.45, 2.75) is 32.5 Å². The molecule has 1 aliphatic heterocycles. The molecular formula is C12H16FNO2. The number of benzene rings is 1. The molecule has 1 aromatic rings. The second kappa shape index (κ2) is 3.63. The van der Waals surface area contributed by atoms with Gasteiger partial charge in [-0.3, -0.25) is 0 Å². The van der Waals surface area contributed by atoms with E-state index < -0.39 is 5.67 Å². The van der Waals surface area contributed by atoms with Crippen LogP contribution >= 0.6 is 0 Å². The first-order valence-electron chi connectivity index (χ1n) is 5.28. The molecule has 1 aromatic carbocycles. The number of hydrogen-bond donors (Lipinski definition) is 1. The van der Waals surface area contributed by atoms with Crippen molar-refractivity contribution >= 4 is 0 Å². The molecule has 1 heterocycles. The third-order valence-corrected chi connectivity index (χ3v) is 2.68. The summed E-state index contributed by atoms with van der Waals surface area (Å²) in [5, 5.41) is 0. The molecule has 0 saturated heterocycles. The average Bonchev–Trinajstić information content (AvgIpc) is 2.61. The normalized spacial score (nSPS) is 16.3. The topological polar surface area (TPSA) is 44.5 Å². The van der Waals surface area contributed by atoms with E-state index in [1.807, 2.05) is 6.92 Å². The predicted molar refractivity (Wildman–Crippen MR) is 59.3 cm³/mol. The monoisotopic (exact) mass is 225 g/mol. The fraction of sp³-hybridized carbons (Fsp3) is 0.500. The summed E-state index contributed by atoms with van der Waals surface area (Å²) < 4.78 is 24.5. The molecular weight excluding hydrogens is 209 g/mol. The van der Waals surface area contributed by atoms with Gasteiger partial charge in [-0.15, -0.1) is 0 Å². The van der Waals surface area contributed by atoms with Gasteiger partial charge in [0.15, 0.2) is 11.5 Å². The van der Waals surface area contributed by atoms with Crippen LogP contribution in [0.3, 0.4) is 0 Å². The Morgan fingerprint density at radius 1 is 1.38 bits per heavy atom. The first-order valence-corrected chi connectivity index (χ1v) is 5.28. The molecule has 1 unspecified atom stereocenters. The van der Waals surface area contributed by atoms with E-state index in [0.717, 1.165) is 5.56 Å². The maximum Gasteiger partial charge on any atom is 0.231 e. The molecule has 4 heteroatoms. The van der Waals surface area contributed by atoms with E-state index in [0.29, 0.717) is 17.1 Å². The van der Waals surface area contributed by atoms with Crippen LogP contribution in [-0.2, 0) is 5.67 Å². The summed E-state index contributed by atoms with van der Waals surface area (Å²) in [6.07, 6.45) is 0. The van der Waals surface area contributed by atoms with Gasteiger partial charge >= 0.3 is 0 Å². The van der Waals surface area contributed by atoms with E-state index in [1.165, 1.54) is 13.8 Å². The van der Waals surface area contributed by atoms with Gasteiger partial charge in [-0.25, -0.2) is 4.39 Å². The van der Waals surface area contributed by atoms with Crippen LogP contribution in [0.2, 0.25) is 0 Å². The van der Waals surface area contributed by atoms with Crippen LogP contribution in [0.15, 0.2) is 12.1 Å². The predicted octanol–water partition coefficient (Wildman–Crippen LogP) is 2.64. The minimum Gasteiger partial charge on any atom is -0.454 e. The molecule has 0 amide bonds. The van der Waals surface area contributed by atoms with E-state index in [1.54, 1.807) is 12.1 Å². The van der Waals surface area contributed by atoms with Crippen LogP contribution in [0.25, 0.3) is 0 Å². The number of hydrogen-bond acceptors (Lipinski definition) is 3. The Hall–Kier alpha value is -1.29. The van der Waals surface area contributed by atoms with Crippen molar-refractivity contribution in [1.82, 2.24) is 0 Å². The molecule has 0 radical (unpaired) electrons. The molecule has 0 saturated carbocycles. The van der Waals surface area contributed by atoms with Gasteiger partial charge < -0.3 is 15.2 Å². The SMILES string of the molecule is CC(N)c1cc(C(C)(C)F)cc2c1OCO2. The van der Waals surface area contributed by atoms with E-state index in [9.17, 15) is 4.39 Å². The van der Waals surface area contributed by atoms with Crippen molar-refractivity contribution in [2.75, 3.05) is 6.79 Å². The molecule has 2 N–H and O–H groups in total. The Morgan fingerprint density at radius 3 is 2.62 bits per heavy atom. The van der Waals surface area contributed by atoms with Gasteiger partial charge in [-0.05, 0) is 38.5 Å². The highest BCUT2D eigenvalue weighted by atomic mass is 19.1. The van der Waals surface area contributed by atoms with Gasteiger partial charge in [-0.2, -0.15) is 0 Å². The lowest BCUT2D eigenvalue weighted by Crippen LogP contribution is -2.12. The van der Waals surface area contributed by atoms with Crippen LogP contribution in [0.5, 0.6) is 11.5 Å². The number of fused-ring (bicyclic) bond motifs is 1.